The molecule has 0 spiro atoms. The number of ether oxygens (including phenoxy) is 1. The molecule has 1 aromatic heterocycles. The zero-order valence-electron chi connectivity index (χ0n) is 21.9. The van der Waals surface area contributed by atoms with E-state index in [2.05, 4.69) is 35.9 Å². The average Bonchev–Trinajstić information content (AvgIpc) is 3.24. The molecule has 2 aromatic rings. The van der Waals surface area contributed by atoms with Crippen molar-refractivity contribution in [1.29, 1.82) is 0 Å². The lowest BCUT2D eigenvalue weighted by Crippen LogP contribution is -2.38. The van der Waals surface area contributed by atoms with Gasteiger partial charge in [-0.25, -0.2) is 8.78 Å². The number of aromatic nitrogens is 2. The van der Waals surface area contributed by atoms with Crippen LogP contribution in [-0.4, -0.2) is 27.7 Å². The van der Waals surface area contributed by atoms with Crippen molar-refractivity contribution in [3.8, 4) is 0 Å². The summed E-state index contributed by atoms with van der Waals surface area (Å²) >= 11 is 1.53. The molecule has 1 aliphatic heterocycles. The Morgan fingerprint density at radius 2 is 1.80 bits per heavy atom. The molecule has 35 heavy (non-hydrogen) atoms. The third-order valence-electron chi connectivity index (χ3n) is 5.35. The Morgan fingerprint density at radius 1 is 1.17 bits per heavy atom. The topological polar surface area (TPSA) is 50.3 Å². The first-order valence-corrected chi connectivity index (χ1v) is 12.5. The Bertz CT molecular complexity index is 1120. The third kappa shape index (κ3) is 7.08. The zero-order chi connectivity index (χ0) is 26.3. The Balaban J connectivity index is 0.00000210. The van der Waals surface area contributed by atoms with E-state index < -0.39 is 11.6 Å². The van der Waals surface area contributed by atoms with Crippen molar-refractivity contribution < 1.29 is 13.5 Å². The van der Waals surface area contributed by atoms with E-state index in [1.807, 2.05) is 52.8 Å². The maximum Gasteiger partial charge on any atom is 0.164 e. The van der Waals surface area contributed by atoms with Gasteiger partial charge in [0.1, 0.15) is 29.0 Å². The fourth-order valence-electron chi connectivity index (χ4n) is 3.32. The van der Waals surface area contributed by atoms with E-state index in [0.717, 1.165) is 33.3 Å². The summed E-state index contributed by atoms with van der Waals surface area (Å²) in [6.45, 7) is 18.1. The molecule has 0 radical (unpaired) electrons. The highest BCUT2D eigenvalue weighted by molar-refractivity contribution is 7.12. The van der Waals surface area contributed by atoms with Crippen LogP contribution in [0.2, 0.25) is 0 Å². The van der Waals surface area contributed by atoms with Crippen molar-refractivity contribution in [2.24, 2.45) is 0 Å². The van der Waals surface area contributed by atoms with E-state index in [1.165, 1.54) is 29.5 Å². The van der Waals surface area contributed by atoms with Crippen molar-refractivity contribution in [3.05, 3.63) is 86.9 Å². The lowest BCUT2D eigenvalue weighted by atomic mass is 10.0. The van der Waals surface area contributed by atoms with E-state index in [9.17, 15) is 8.78 Å². The number of hydrogen-bond acceptors (Lipinski definition) is 6. The van der Waals surface area contributed by atoms with Crippen LogP contribution in [-0.2, 0) is 17.8 Å². The van der Waals surface area contributed by atoms with Gasteiger partial charge in [-0.1, -0.05) is 37.8 Å². The molecule has 190 valence electrons. The minimum absolute atomic E-state index is 0.0983. The SMILES string of the molecule is C=C1C(OCc2c(F)cccc2F)=CC(C)=CN1C(=C(C)C)c1nnc(CC(C)(C)NC)s1.CC. The normalized spacial score (nSPS) is 13.5. The lowest BCUT2D eigenvalue weighted by Gasteiger charge is -2.30. The highest BCUT2D eigenvalue weighted by Crippen LogP contribution is 2.36. The number of nitrogens with zero attached hydrogens (tertiary/aromatic N) is 3. The Morgan fingerprint density at radius 3 is 2.37 bits per heavy atom. The number of likely N-dealkylation sites (N-methyl/N-ethyl adjacent to an activating group) is 1. The van der Waals surface area contributed by atoms with Gasteiger partial charge in [-0.05, 0) is 71.0 Å². The quantitative estimate of drug-likeness (QED) is 0.423. The Kier molecular flexibility index (Phi) is 9.92. The molecule has 0 saturated heterocycles. The maximum absolute atomic E-state index is 14.0. The number of benzene rings is 1. The van der Waals surface area contributed by atoms with Gasteiger partial charge in [-0.3, -0.25) is 0 Å². The standard InChI is InChI=1S/C25H30F2N4OS.C2H6/c1-15(2)23(24-30-29-22(33-24)12-25(5,6)28-7)31-13-16(3)11-21(17(31)4)32-14-18-19(26)9-8-10-20(18)27;1-2/h8-11,13,28H,4,12,14H2,1-3,5-7H3;1-2H3. The van der Waals surface area contributed by atoms with Gasteiger partial charge in [0.25, 0.3) is 0 Å². The van der Waals surface area contributed by atoms with E-state index in [4.69, 9.17) is 4.74 Å². The van der Waals surface area contributed by atoms with Gasteiger partial charge >= 0.3 is 0 Å². The lowest BCUT2D eigenvalue weighted by molar-refractivity contribution is 0.190. The second-order valence-corrected chi connectivity index (χ2v) is 9.91. The van der Waals surface area contributed by atoms with E-state index >= 15 is 0 Å². The monoisotopic (exact) mass is 502 g/mol. The van der Waals surface area contributed by atoms with Gasteiger partial charge in [0.2, 0.25) is 0 Å². The minimum Gasteiger partial charge on any atom is -0.486 e. The van der Waals surface area contributed by atoms with Gasteiger partial charge in [0, 0.05) is 18.2 Å². The van der Waals surface area contributed by atoms with E-state index in [1.54, 1.807) is 6.08 Å². The number of rotatable bonds is 8. The molecule has 0 amide bonds. The molecule has 0 atom stereocenters. The molecule has 3 rings (SSSR count). The van der Waals surface area contributed by atoms with Gasteiger partial charge < -0.3 is 15.0 Å². The molecule has 0 aliphatic carbocycles. The summed E-state index contributed by atoms with van der Waals surface area (Å²) in [4.78, 5) is 1.91. The highest BCUT2D eigenvalue weighted by Gasteiger charge is 2.26. The van der Waals surface area contributed by atoms with E-state index in [-0.39, 0.29) is 17.7 Å². The molecule has 0 unspecified atom stereocenters. The third-order valence-corrected chi connectivity index (χ3v) is 6.28. The molecule has 0 fully saturated rings. The summed E-state index contributed by atoms with van der Waals surface area (Å²) < 4.78 is 33.9. The van der Waals surface area contributed by atoms with Crippen LogP contribution >= 0.6 is 11.3 Å². The van der Waals surface area contributed by atoms with Crippen molar-refractivity contribution >= 4 is 17.0 Å². The first-order valence-electron chi connectivity index (χ1n) is 11.7. The van der Waals surface area contributed by atoms with Crippen molar-refractivity contribution in [1.82, 2.24) is 20.4 Å². The summed E-state index contributed by atoms with van der Waals surface area (Å²) in [5, 5.41) is 13.8. The van der Waals surface area contributed by atoms with E-state index in [0.29, 0.717) is 11.5 Å². The molecule has 1 aliphatic rings. The second kappa shape index (κ2) is 12.2. The Labute approximate surface area is 211 Å². The molecule has 5 nitrogen and oxygen atoms in total. The zero-order valence-corrected chi connectivity index (χ0v) is 22.7. The molecule has 8 heteroatoms. The van der Waals surface area contributed by atoms with Crippen LogP contribution < -0.4 is 5.32 Å². The van der Waals surface area contributed by atoms with Crippen LogP contribution in [0.15, 0.2) is 59.7 Å². The van der Waals surface area contributed by atoms with Crippen LogP contribution in [0.4, 0.5) is 8.78 Å². The Hall–Kier alpha value is -2.84. The fraction of sp³-hybridized carbons (Fsp3) is 0.407. The summed E-state index contributed by atoms with van der Waals surface area (Å²) in [6, 6.07) is 3.76. The van der Waals surface area contributed by atoms with Crippen LogP contribution in [0, 0.1) is 11.6 Å². The molecular weight excluding hydrogens is 466 g/mol. The number of allylic oxidation sites excluding steroid dienone is 3. The molecule has 0 saturated carbocycles. The van der Waals surface area contributed by atoms with Crippen molar-refractivity contribution in [3.63, 3.8) is 0 Å². The summed E-state index contributed by atoms with van der Waals surface area (Å²) in [6.07, 6.45) is 4.50. The number of hydrogen-bond donors (Lipinski definition) is 1. The van der Waals surface area contributed by atoms with Gasteiger partial charge in [0.05, 0.1) is 17.0 Å². The molecule has 1 aromatic carbocycles. The molecular formula is C27H36F2N4OS. The van der Waals surface area contributed by atoms with Crippen LogP contribution in [0.25, 0.3) is 5.70 Å². The first-order chi connectivity index (χ1) is 16.5. The van der Waals surface area contributed by atoms with Crippen molar-refractivity contribution in [2.75, 3.05) is 7.05 Å². The van der Waals surface area contributed by atoms with Crippen molar-refractivity contribution in [2.45, 2.75) is 67.0 Å². The van der Waals surface area contributed by atoms with Crippen LogP contribution in [0.3, 0.4) is 0 Å². The number of nitrogens with one attached hydrogen (secondary N) is 1. The predicted octanol–water partition coefficient (Wildman–Crippen LogP) is 6.97. The number of halogens is 2. The minimum atomic E-state index is -0.642. The van der Waals surface area contributed by atoms with Crippen LogP contribution in [0.1, 0.15) is 64.0 Å². The fourth-order valence-corrected chi connectivity index (χ4v) is 4.54. The molecule has 2 heterocycles. The summed E-state index contributed by atoms with van der Waals surface area (Å²) in [5.74, 6) is -0.841. The highest BCUT2D eigenvalue weighted by atomic mass is 32.1. The molecule has 0 bridgehead atoms. The first kappa shape index (κ1) is 28.4. The average molecular weight is 503 g/mol. The van der Waals surface area contributed by atoms with Crippen LogP contribution in [0.5, 0.6) is 0 Å². The van der Waals surface area contributed by atoms with Gasteiger partial charge in [-0.15, -0.1) is 10.2 Å². The largest absolute Gasteiger partial charge is 0.486 e. The smallest absolute Gasteiger partial charge is 0.164 e. The predicted molar refractivity (Wildman–Crippen MR) is 140 cm³/mol. The second-order valence-electron chi connectivity index (χ2n) is 8.85. The maximum atomic E-state index is 14.0. The molecule has 1 N–H and O–H groups in total. The van der Waals surface area contributed by atoms with Gasteiger partial charge in [-0.2, -0.15) is 0 Å². The summed E-state index contributed by atoms with van der Waals surface area (Å²) in [7, 11) is 1.93. The summed E-state index contributed by atoms with van der Waals surface area (Å²) in [5.41, 5.74) is 3.13. The van der Waals surface area contributed by atoms with Gasteiger partial charge in [0.15, 0.2) is 5.01 Å².